The number of halogens is 1. The van der Waals surface area contributed by atoms with Gasteiger partial charge in [-0.2, -0.15) is 5.10 Å². The molecule has 1 amide bonds. The number of para-hydroxylation sites is 1. The normalized spacial score (nSPS) is 10.8. The standard InChI is InChI=1S/C14H17FN4O/c1-18(2)9-10-19-13(7-8-16-19)14(20)17-12-6-4-3-5-11(12)15/h3-8H,9-10H2,1-2H3,(H,17,20). The van der Waals surface area contributed by atoms with Gasteiger partial charge in [-0.15, -0.1) is 0 Å². The van der Waals surface area contributed by atoms with Crippen LogP contribution in [0, 0.1) is 5.82 Å². The first-order chi connectivity index (χ1) is 9.58. The van der Waals surface area contributed by atoms with Gasteiger partial charge in [0.15, 0.2) is 0 Å². The molecule has 20 heavy (non-hydrogen) atoms. The zero-order valence-corrected chi connectivity index (χ0v) is 11.5. The highest BCUT2D eigenvalue weighted by atomic mass is 19.1. The molecule has 106 valence electrons. The largest absolute Gasteiger partial charge is 0.318 e. The predicted octanol–water partition coefficient (Wildman–Crippen LogP) is 1.84. The number of nitrogens with zero attached hydrogens (tertiary/aromatic N) is 3. The third-order valence-corrected chi connectivity index (χ3v) is 2.83. The van der Waals surface area contributed by atoms with Gasteiger partial charge in [-0.1, -0.05) is 12.1 Å². The van der Waals surface area contributed by atoms with Crippen molar-refractivity contribution in [3.8, 4) is 0 Å². The zero-order valence-electron chi connectivity index (χ0n) is 11.5. The van der Waals surface area contributed by atoms with Crippen molar-refractivity contribution in [3.63, 3.8) is 0 Å². The number of amides is 1. The summed E-state index contributed by atoms with van der Waals surface area (Å²) in [5.41, 5.74) is 0.577. The van der Waals surface area contributed by atoms with Crippen LogP contribution in [-0.4, -0.2) is 41.2 Å². The lowest BCUT2D eigenvalue weighted by Gasteiger charge is -2.12. The van der Waals surface area contributed by atoms with Crippen molar-refractivity contribution < 1.29 is 9.18 Å². The number of likely N-dealkylation sites (N-methyl/N-ethyl adjacent to an activating group) is 1. The SMILES string of the molecule is CN(C)CCn1nccc1C(=O)Nc1ccccc1F. The fourth-order valence-corrected chi connectivity index (χ4v) is 1.75. The van der Waals surface area contributed by atoms with Crippen LogP contribution in [0.15, 0.2) is 36.5 Å². The van der Waals surface area contributed by atoms with E-state index >= 15 is 0 Å². The summed E-state index contributed by atoms with van der Waals surface area (Å²) in [6.45, 7) is 1.36. The minimum absolute atomic E-state index is 0.165. The van der Waals surface area contributed by atoms with Gasteiger partial charge in [-0.05, 0) is 32.3 Å². The summed E-state index contributed by atoms with van der Waals surface area (Å²) in [4.78, 5) is 14.1. The van der Waals surface area contributed by atoms with Crippen molar-refractivity contribution in [3.05, 3.63) is 48.0 Å². The molecule has 1 N–H and O–H groups in total. The Morgan fingerprint density at radius 2 is 2.10 bits per heavy atom. The maximum atomic E-state index is 13.5. The molecule has 0 saturated heterocycles. The van der Waals surface area contributed by atoms with E-state index < -0.39 is 5.82 Å². The zero-order chi connectivity index (χ0) is 14.5. The van der Waals surface area contributed by atoms with E-state index in [4.69, 9.17) is 0 Å². The molecule has 0 aliphatic heterocycles. The van der Waals surface area contributed by atoms with E-state index in [-0.39, 0.29) is 11.6 Å². The molecule has 6 heteroatoms. The number of aromatic nitrogens is 2. The summed E-state index contributed by atoms with van der Waals surface area (Å²) in [6.07, 6.45) is 1.56. The molecular weight excluding hydrogens is 259 g/mol. The van der Waals surface area contributed by atoms with Crippen molar-refractivity contribution in [2.45, 2.75) is 6.54 Å². The first-order valence-electron chi connectivity index (χ1n) is 6.30. The van der Waals surface area contributed by atoms with Gasteiger partial charge < -0.3 is 10.2 Å². The second-order valence-corrected chi connectivity index (χ2v) is 4.68. The van der Waals surface area contributed by atoms with E-state index in [0.717, 1.165) is 6.54 Å². The lowest BCUT2D eigenvalue weighted by atomic mass is 10.3. The Balaban J connectivity index is 2.10. The molecule has 0 saturated carbocycles. The highest BCUT2D eigenvalue weighted by molar-refractivity contribution is 6.03. The van der Waals surface area contributed by atoms with E-state index in [9.17, 15) is 9.18 Å². The van der Waals surface area contributed by atoms with Gasteiger partial charge >= 0.3 is 0 Å². The smallest absolute Gasteiger partial charge is 0.274 e. The number of carbonyl (C=O) groups excluding carboxylic acids is 1. The van der Waals surface area contributed by atoms with Gasteiger partial charge in [0.25, 0.3) is 5.91 Å². The summed E-state index contributed by atoms with van der Waals surface area (Å²) in [5.74, 6) is -0.827. The van der Waals surface area contributed by atoms with E-state index in [0.29, 0.717) is 12.2 Å². The van der Waals surface area contributed by atoms with Crippen LogP contribution < -0.4 is 5.32 Å². The molecule has 1 aromatic heterocycles. The monoisotopic (exact) mass is 276 g/mol. The summed E-state index contributed by atoms with van der Waals surface area (Å²) in [7, 11) is 3.89. The predicted molar refractivity (Wildman–Crippen MR) is 75.1 cm³/mol. The Labute approximate surface area is 117 Å². The number of rotatable bonds is 5. The Bertz CT molecular complexity index is 594. The number of nitrogens with one attached hydrogen (secondary N) is 1. The molecule has 2 rings (SSSR count). The van der Waals surface area contributed by atoms with Crippen LogP contribution in [0.5, 0.6) is 0 Å². The molecule has 5 nitrogen and oxygen atoms in total. The van der Waals surface area contributed by atoms with Gasteiger partial charge in [-0.3, -0.25) is 9.48 Å². The highest BCUT2D eigenvalue weighted by Gasteiger charge is 2.13. The van der Waals surface area contributed by atoms with Crippen LogP contribution in [0.3, 0.4) is 0 Å². The highest BCUT2D eigenvalue weighted by Crippen LogP contribution is 2.13. The van der Waals surface area contributed by atoms with Crippen molar-refractivity contribution in [2.75, 3.05) is 26.0 Å². The average molecular weight is 276 g/mol. The molecule has 0 aliphatic carbocycles. The summed E-state index contributed by atoms with van der Waals surface area (Å²) in [6, 6.07) is 7.69. The van der Waals surface area contributed by atoms with Crippen molar-refractivity contribution >= 4 is 11.6 Å². The van der Waals surface area contributed by atoms with Gasteiger partial charge in [0, 0.05) is 12.7 Å². The lowest BCUT2D eigenvalue weighted by molar-refractivity contribution is 0.101. The second-order valence-electron chi connectivity index (χ2n) is 4.68. The van der Waals surface area contributed by atoms with Gasteiger partial charge in [-0.25, -0.2) is 4.39 Å². The Morgan fingerprint density at radius 3 is 2.80 bits per heavy atom. The summed E-state index contributed by atoms with van der Waals surface area (Å²) in [5, 5.41) is 6.66. The Kier molecular flexibility index (Phi) is 4.47. The molecule has 0 spiro atoms. The van der Waals surface area contributed by atoms with Crippen LogP contribution in [0.25, 0.3) is 0 Å². The van der Waals surface area contributed by atoms with Crippen molar-refractivity contribution in [2.24, 2.45) is 0 Å². The third-order valence-electron chi connectivity index (χ3n) is 2.83. The van der Waals surface area contributed by atoms with E-state index in [1.807, 2.05) is 19.0 Å². The Morgan fingerprint density at radius 1 is 1.35 bits per heavy atom. The molecule has 1 aromatic carbocycles. The van der Waals surface area contributed by atoms with Crippen LogP contribution in [0.4, 0.5) is 10.1 Å². The fourth-order valence-electron chi connectivity index (χ4n) is 1.75. The van der Waals surface area contributed by atoms with Crippen LogP contribution in [-0.2, 0) is 6.54 Å². The topological polar surface area (TPSA) is 50.2 Å². The number of anilines is 1. The molecule has 1 heterocycles. The molecule has 0 aliphatic rings. The quantitative estimate of drug-likeness (QED) is 0.906. The fraction of sp³-hybridized carbons (Fsp3) is 0.286. The number of benzene rings is 1. The minimum Gasteiger partial charge on any atom is -0.318 e. The summed E-state index contributed by atoms with van der Waals surface area (Å²) < 4.78 is 15.1. The van der Waals surface area contributed by atoms with Crippen LogP contribution in [0.1, 0.15) is 10.5 Å². The third kappa shape index (κ3) is 3.42. The molecule has 0 atom stereocenters. The first-order valence-corrected chi connectivity index (χ1v) is 6.30. The Hall–Kier alpha value is -2.21. The molecular formula is C14H17FN4O. The van der Waals surface area contributed by atoms with E-state index in [2.05, 4.69) is 10.4 Å². The number of hydrogen-bond donors (Lipinski definition) is 1. The number of hydrogen-bond acceptors (Lipinski definition) is 3. The molecule has 2 aromatic rings. The average Bonchev–Trinajstić information content (AvgIpc) is 2.87. The van der Waals surface area contributed by atoms with Gasteiger partial charge in [0.05, 0.1) is 12.2 Å². The second kappa shape index (κ2) is 6.29. The van der Waals surface area contributed by atoms with Crippen molar-refractivity contribution in [1.82, 2.24) is 14.7 Å². The van der Waals surface area contributed by atoms with Gasteiger partial charge in [0.2, 0.25) is 0 Å². The molecule has 0 unspecified atom stereocenters. The molecule has 0 bridgehead atoms. The molecule has 0 radical (unpaired) electrons. The van der Waals surface area contributed by atoms with Gasteiger partial charge in [0.1, 0.15) is 11.5 Å². The van der Waals surface area contributed by atoms with E-state index in [1.54, 1.807) is 29.1 Å². The maximum Gasteiger partial charge on any atom is 0.274 e. The maximum absolute atomic E-state index is 13.5. The minimum atomic E-state index is -0.458. The number of carbonyl (C=O) groups is 1. The lowest BCUT2D eigenvalue weighted by Crippen LogP contribution is -2.23. The van der Waals surface area contributed by atoms with Crippen molar-refractivity contribution in [1.29, 1.82) is 0 Å². The summed E-state index contributed by atoms with van der Waals surface area (Å²) >= 11 is 0. The first kappa shape index (κ1) is 14.2. The van der Waals surface area contributed by atoms with Crippen LogP contribution in [0.2, 0.25) is 0 Å². The molecule has 0 fully saturated rings. The van der Waals surface area contributed by atoms with E-state index in [1.165, 1.54) is 12.1 Å². The van der Waals surface area contributed by atoms with Crippen LogP contribution >= 0.6 is 0 Å².